The van der Waals surface area contributed by atoms with E-state index < -0.39 is 0 Å². The Morgan fingerprint density at radius 1 is 1.05 bits per heavy atom. The van der Waals surface area contributed by atoms with E-state index in [0.29, 0.717) is 0 Å². The van der Waals surface area contributed by atoms with Gasteiger partial charge in [0, 0.05) is 30.4 Å². The van der Waals surface area contributed by atoms with Crippen molar-refractivity contribution in [3.63, 3.8) is 0 Å². The van der Waals surface area contributed by atoms with Crippen LogP contribution in [0.1, 0.15) is 18.4 Å². The molecule has 1 aliphatic carbocycles. The molecule has 1 fully saturated rings. The molecule has 104 valence electrons. The summed E-state index contributed by atoms with van der Waals surface area (Å²) in [7, 11) is 2.06. The second-order valence-corrected chi connectivity index (χ2v) is 5.73. The van der Waals surface area contributed by atoms with Crippen LogP contribution in [0.3, 0.4) is 0 Å². The fourth-order valence-electron chi connectivity index (χ4n) is 2.77. The Hall–Kier alpha value is -2.03. The van der Waals surface area contributed by atoms with E-state index in [2.05, 4.69) is 24.1 Å². The van der Waals surface area contributed by atoms with Gasteiger partial charge in [-0.15, -0.1) is 0 Å². The molecule has 0 spiro atoms. The molecule has 0 unspecified atom stereocenters. The predicted octanol–water partition coefficient (Wildman–Crippen LogP) is 3.58. The highest BCUT2D eigenvalue weighted by Gasteiger charge is 2.44. The fraction of sp³-hybridized carbons (Fsp3) is 0.294. The zero-order valence-corrected chi connectivity index (χ0v) is 11.6. The molecular formula is C17H19FN2. The third kappa shape index (κ3) is 2.48. The molecule has 0 atom stereocenters. The van der Waals surface area contributed by atoms with Gasteiger partial charge in [-0.25, -0.2) is 4.39 Å². The summed E-state index contributed by atoms with van der Waals surface area (Å²) in [4.78, 5) is 2.20. The van der Waals surface area contributed by atoms with Crippen molar-refractivity contribution in [2.45, 2.75) is 18.3 Å². The van der Waals surface area contributed by atoms with Crippen LogP contribution in [-0.4, -0.2) is 13.6 Å². The van der Waals surface area contributed by atoms with E-state index in [1.807, 2.05) is 24.3 Å². The molecule has 2 N–H and O–H groups in total. The number of likely N-dealkylation sites (N-methyl/N-ethyl adjacent to an activating group) is 1. The van der Waals surface area contributed by atoms with Gasteiger partial charge in [0.05, 0.1) is 0 Å². The van der Waals surface area contributed by atoms with Gasteiger partial charge in [-0.05, 0) is 54.8 Å². The Labute approximate surface area is 119 Å². The van der Waals surface area contributed by atoms with E-state index in [1.54, 1.807) is 0 Å². The van der Waals surface area contributed by atoms with Crippen LogP contribution in [0.25, 0.3) is 0 Å². The van der Waals surface area contributed by atoms with Gasteiger partial charge in [0.15, 0.2) is 0 Å². The SMILES string of the molecule is CN(CC1(c2ccc(N)cc2)CC1)c1ccc(F)cc1. The maximum absolute atomic E-state index is 13.0. The normalized spacial score (nSPS) is 15.9. The van der Waals surface area contributed by atoms with Gasteiger partial charge in [0.2, 0.25) is 0 Å². The van der Waals surface area contributed by atoms with Gasteiger partial charge in [-0.3, -0.25) is 0 Å². The van der Waals surface area contributed by atoms with Crippen LogP contribution in [0.5, 0.6) is 0 Å². The summed E-state index contributed by atoms with van der Waals surface area (Å²) >= 11 is 0. The second-order valence-electron chi connectivity index (χ2n) is 5.73. The van der Waals surface area contributed by atoms with Crippen molar-refractivity contribution < 1.29 is 4.39 Å². The maximum atomic E-state index is 13.0. The van der Waals surface area contributed by atoms with Gasteiger partial charge in [-0.1, -0.05) is 12.1 Å². The third-order valence-corrected chi connectivity index (χ3v) is 4.18. The lowest BCUT2D eigenvalue weighted by atomic mass is 9.95. The molecule has 3 rings (SSSR count). The number of nitrogens with zero attached hydrogens (tertiary/aromatic N) is 1. The molecule has 0 aliphatic heterocycles. The summed E-state index contributed by atoms with van der Waals surface area (Å²) in [5, 5.41) is 0. The smallest absolute Gasteiger partial charge is 0.123 e. The summed E-state index contributed by atoms with van der Waals surface area (Å²) < 4.78 is 13.0. The molecule has 2 aromatic carbocycles. The van der Waals surface area contributed by atoms with Gasteiger partial charge in [0.25, 0.3) is 0 Å². The number of rotatable bonds is 4. The third-order valence-electron chi connectivity index (χ3n) is 4.18. The van der Waals surface area contributed by atoms with Gasteiger partial charge in [0.1, 0.15) is 5.82 Å². The van der Waals surface area contributed by atoms with Gasteiger partial charge < -0.3 is 10.6 Å². The van der Waals surface area contributed by atoms with Gasteiger partial charge >= 0.3 is 0 Å². The molecule has 2 aromatic rings. The summed E-state index contributed by atoms with van der Waals surface area (Å²) in [6, 6.07) is 14.9. The van der Waals surface area contributed by atoms with Crippen molar-refractivity contribution in [2.75, 3.05) is 24.2 Å². The fourth-order valence-corrected chi connectivity index (χ4v) is 2.77. The van der Waals surface area contributed by atoms with Crippen LogP contribution < -0.4 is 10.6 Å². The number of anilines is 2. The lowest BCUT2D eigenvalue weighted by Gasteiger charge is -2.26. The van der Waals surface area contributed by atoms with E-state index in [9.17, 15) is 4.39 Å². The first-order valence-corrected chi connectivity index (χ1v) is 6.92. The topological polar surface area (TPSA) is 29.3 Å². The average molecular weight is 270 g/mol. The Balaban J connectivity index is 1.76. The second kappa shape index (κ2) is 4.82. The monoisotopic (exact) mass is 270 g/mol. The van der Waals surface area contributed by atoms with E-state index in [4.69, 9.17) is 5.73 Å². The lowest BCUT2D eigenvalue weighted by Crippen LogP contribution is -2.29. The van der Waals surface area contributed by atoms with E-state index in [1.165, 1.54) is 30.5 Å². The Kier molecular flexibility index (Phi) is 3.13. The molecule has 0 heterocycles. The van der Waals surface area contributed by atoms with Crippen molar-refractivity contribution in [2.24, 2.45) is 0 Å². The first-order valence-electron chi connectivity index (χ1n) is 6.92. The Bertz CT molecular complexity index is 585. The van der Waals surface area contributed by atoms with E-state index >= 15 is 0 Å². The number of nitrogen functional groups attached to an aromatic ring is 1. The van der Waals surface area contributed by atoms with E-state index in [0.717, 1.165) is 17.9 Å². The Morgan fingerprint density at radius 2 is 1.65 bits per heavy atom. The van der Waals surface area contributed by atoms with Crippen LogP contribution >= 0.6 is 0 Å². The molecule has 20 heavy (non-hydrogen) atoms. The molecule has 0 bridgehead atoms. The number of hydrogen-bond acceptors (Lipinski definition) is 2. The minimum Gasteiger partial charge on any atom is -0.399 e. The van der Waals surface area contributed by atoms with Crippen LogP contribution in [0.4, 0.5) is 15.8 Å². The van der Waals surface area contributed by atoms with Crippen molar-refractivity contribution in [3.8, 4) is 0 Å². The minimum atomic E-state index is -0.193. The molecule has 1 saturated carbocycles. The lowest BCUT2D eigenvalue weighted by molar-refractivity contribution is 0.626. The largest absolute Gasteiger partial charge is 0.399 e. The number of halogens is 1. The molecule has 1 aliphatic rings. The quantitative estimate of drug-likeness (QED) is 0.860. The number of hydrogen-bond donors (Lipinski definition) is 1. The summed E-state index contributed by atoms with van der Waals surface area (Å²) in [5.41, 5.74) is 9.18. The molecule has 0 radical (unpaired) electrons. The van der Waals surface area contributed by atoms with Crippen LogP contribution in [0.15, 0.2) is 48.5 Å². The first-order chi connectivity index (χ1) is 9.59. The van der Waals surface area contributed by atoms with Crippen LogP contribution in [0.2, 0.25) is 0 Å². The summed E-state index contributed by atoms with van der Waals surface area (Å²) in [6.45, 7) is 0.947. The molecule has 3 heteroatoms. The zero-order valence-electron chi connectivity index (χ0n) is 11.6. The number of nitrogens with two attached hydrogens (primary N) is 1. The molecule has 2 nitrogen and oxygen atoms in total. The molecule has 0 aromatic heterocycles. The van der Waals surface area contributed by atoms with Gasteiger partial charge in [-0.2, -0.15) is 0 Å². The summed E-state index contributed by atoms with van der Waals surface area (Å²) in [6.07, 6.45) is 2.39. The van der Waals surface area contributed by atoms with Crippen LogP contribution in [0, 0.1) is 5.82 Å². The zero-order chi connectivity index (χ0) is 14.2. The van der Waals surface area contributed by atoms with Crippen molar-refractivity contribution in [3.05, 3.63) is 59.9 Å². The maximum Gasteiger partial charge on any atom is 0.123 e. The van der Waals surface area contributed by atoms with Crippen LogP contribution in [-0.2, 0) is 5.41 Å². The highest BCUT2D eigenvalue weighted by Crippen LogP contribution is 2.49. The van der Waals surface area contributed by atoms with E-state index in [-0.39, 0.29) is 11.2 Å². The standard InChI is InChI=1S/C17H19FN2/c1-20(16-8-4-14(18)5-9-16)12-17(10-11-17)13-2-6-15(19)7-3-13/h2-9H,10-12,19H2,1H3. The molecule has 0 saturated heterocycles. The number of benzene rings is 2. The Morgan fingerprint density at radius 3 is 2.20 bits per heavy atom. The van der Waals surface area contributed by atoms with Crippen molar-refractivity contribution in [1.82, 2.24) is 0 Å². The highest BCUT2D eigenvalue weighted by atomic mass is 19.1. The average Bonchev–Trinajstić information content (AvgIpc) is 3.21. The first kappa shape index (κ1) is 13.0. The summed E-state index contributed by atoms with van der Waals surface area (Å²) in [5.74, 6) is -0.193. The van der Waals surface area contributed by atoms with Crippen molar-refractivity contribution in [1.29, 1.82) is 0 Å². The molecule has 0 amide bonds. The minimum absolute atomic E-state index is 0.193. The van der Waals surface area contributed by atoms with Crippen molar-refractivity contribution >= 4 is 11.4 Å². The highest BCUT2D eigenvalue weighted by molar-refractivity contribution is 5.49. The molecular weight excluding hydrogens is 251 g/mol. The predicted molar refractivity (Wildman–Crippen MR) is 81.4 cm³/mol.